The Kier molecular flexibility index (Phi) is 3.35. The first-order valence-electron chi connectivity index (χ1n) is 6.17. The maximum atomic E-state index is 12.1. The van der Waals surface area contributed by atoms with Crippen LogP contribution in [-0.4, -0.2) is 22.3 Å². The summed E-state index contributed by atoms with van der Waals surface area (Å²) in [5.74, 6) is -0.0682. The Morgan fingerprint density at radius 1 is 1.35 bits per heavy atom. The molecule has 0 radical (unpaired) electrons. The topological polar surface area (TPSA) is 37.6 Å². The Morgan fingerprint density at radius 2 is 2.15 bits per heavy atom. The van der Waals surface area contributed by atoms with Crippen LogP contribution in [0.3, 0.4) is 0 Å². The van der Waals surface area contributed by atoms with Gasteiger partial charge in [0.15, 0.2) is 4.96 Å². The number of aromatic nitrogens is 2. The highest BCUT2D eigenvalue weighted by Gasteiger charge is 2.07. The Morgan fingerprint density at radius 3 is 2.95 bits per heavy atom. The summed E-state index contributed by atoms with van der Waals surface area (Å²) in [6.45, 7) is 0. The van der Waals surface area contributed by atoms with Gasteiger partial charge in [-0.05, 0) is 18.2 Å². The lowest BCUT2D eigenvalue weighted by molar-refractivity contribution is -0.113. The molecular weight excluding hydrogens is 270 g/mol. The van der Waals surface area contributed by atoms with Gasteiger partial charge in [-0.3, -0.25) is 9.20 Å². The second kappa shape index (κ2) is 5.30. The van der Waals surface area contributed by atoms with Gasteiger partial charge in [0.2, 0.25) is 0 Å². The van der Waals surface area contributed by atoms with Gasteiger partial charge in [-0.2, -0.15) is 0 Å². The summed E-state index contributed by atoms with van der Waals surface area (Å²) in [7, 11) is 1.76. The third-order valence-electron chi connectivity index (χ3n) is 3.05. The zero-order valence-electron chi connectivity index (χ0n) is 10.9. The van der Waals surface area contributed by atoms with E-state index in [1.54, 1.807) is 41.6 Å². The fraction of sp³-hybridized carbons (Fsp3) is 0.0667. The van der Waals surface area contributed by atoms with Crippen molar-refractivity contribution in [1.82, 2.24) is 9.38 Å². The number of fused-ring (bicyclic) bond motifs is 1. The average molecular weight is 283 g/mol. The molecule has 0 aliphatic heterocycles. The van der Waals surface area contributed by atoms with Crippen molar-refractivity contribution < 1.29 is 4.79 Å². The van der Waals surface area contributed by atoms with Crippen molar-refractivity contribution in [2.75, 3.05) is 11.9 Å². The van der Waals surface area contributed by atoms with Gasteiger partial charge in [-0.15, -0.1) is 11.3 Å². The van der Waals surface area contributed by atoms with Crippen molar-refractivity contribution >= 4 is 34.0 Å². The van der Waals surface area contributed by atoms with Crippen LogP contribution in [-0.2, 0) is 4.79 Å². The molecule has 3 rings (SSSR count). The van der Waals surface area contributed by atoms with E-state index >= 15 is 0 Å². The van der Waals surface area contributed by atoms with Crippen LogP contribution in [0.2, 0.25) is 0 Å². The van der Waals surface area contributed by atoms with E-state index < -0.39 is 0 Å². The largest absolute Gasteiger partial charge is 0.312 e. The second-order valence-electron chi connectivity index (χ2n) is 4.30. The van der Waals surface area contributed by atoms with Crippen LogP contribution < -0.4 is 4.90 Å². The van der Waals surface area contributed by atoms with Crippen LogP contribution in [0.4, 0.5) is 5.69 Å². The lowest BCUT2D eigenvalue weighted by Crippen LogP contribution is -2.23. The molecule has 0 saturated carbocycles. The smallest absolute Gasteiger partial charge is 0.250 e. The molecule has 0 N–H and O–H groups in total. The highest BCUT2D eigenvalue weighted by Crippen LogP contribution is 2.15. The standard InChI is InChI=1S/C15H13N3OS/c1-17(12-5-3-2-4-6-12)14(19)8-7-13-11-16-15-18(13)9-10-20-15/h2-11H,1H3/b8-7+. The number of amides is 1. The third kappa shape index (κ3) is 2.35. The van der Waals surface area contributed by atoms with Gasteiger partial charge >= 0.3 is 0 Å². The molecular formula is C15H13N3OS. The summed E-state index contributed by atoms with van der Waals surface area (Å²) < 4.78 is 1.96. The summed E-state index contributed by atoms with van der Waals surface area (Å²) >= 11 is 1.57. The predicted octanol–water partition coefficient (Wildman–Crippen LogP) is 3.07. The van der Waals surface area contributed by atoms with Gasteiger partial charge < -0.3 is 4.90 Å². The lowest BCUT2D eigenvalue weighted by Gasteiger charge is -2.14. The van der Waals surface area contributed by atoms with Crippen molar-refractivity contribution in [1.29, 1.82) is 0 Å². The maximum Gasteiger partial charge on any atom is 0.250 e. The minimum absolute atomic E-state index is 0.0682. The summed E-state index contributed by atoms with van der Waals surface area (Å²) in [6, 6.07) is 9.56. The Bertz CT molecular complexity index is 758. The first-order valence-corrected chi connectivity index (χ1v) is 7.05. The van der Waals surface area contributed by atoms with Gasteiger partial charge in [-0.1, -0.05) is 18.2 Å². The van der Waals surface area contributed by atoms with Crippen LogP contribution in [0.1, 0.15) is 5.69 Å². The molecule has 1 aromatic carbocycles. The van der Waals surface area contributed by atoms with Crippen LogP contribution in [0.15, 0.2) is 54.2 Å². The lowest BCUT2D eigenvalue weighted by atomic mass is 10.3. The third-order valence-corrected chi connectivity index (χ3v) is 3.82. The fourth-order valence-corrected chi connectivity index (χ4v) is 2.61. The maximum absolute atomic E-state index is 12.1. The summed E-state index contributed by atoms with van der Waals surface area (Å²) in [5.41, 5.74) is 1.77. The monoisotopic (exact) mass is 283 g/mol. The molecule has 0 bridgehead atoms. The SMILES string of the molecule is CN(C(=O)/C=C/c1cnc2sccn12)c1ccccc1. The van der Waals surface area contributed by atoms with Gasteiger partial charge in [0, 0.05) is 30.4 Å². The highest BCUT2D eigenvalue weighted by atomic mass is 32.1. The van der Waals surface area contributed by atoms with E-state index in [1.165, 1.54) is 0 Å². The average Bonchev–Trinajstić information content (AvgIpc) is 3.08. The van der Waals surface area contributed by atoms with Crippen molar-refractivity contribution in [2.45, 2.75) is 0 Å². The molecule has 1 amide bonds. The normalized spacial score (nSPS) is 11.2. The number of para-hydroxylation sites is 1. The Balaban J connectivity index is 1.79. The minimum Gasteiger partial charge on any atom is -0.312 e. The fourth-order valence-electron chi connectivity index (χ4n) is 1.92. The van der Waals surface area contributed by atoms with Gasteiger partial charge in [0.05, 0.1) is 11.9 Å². The number of anilines is 1. The molecule has 20 heavy (non-hydrogen) atoms. The van der Waals surface area contributed by atoms with Gasteiger partial charge in [0.25, 0.3) is 5.91 Å². The molecule has 4 nitrogen and oxygen atoms in total. The summed E-state index contributed by atoms with van der Waals surface area (Å²) in [4.78, 5) is 18.9. The number of nitrogens with zero attached hydrogens (tertiary/aromatic N) is 3. The van der Waals surface area contributed by atoms with Crippen LogP contribution in [0.5, 0.6) is 0 Å². The molecule has 2 aromatic heterocycles. The first-order chi connectivity index (χ1) is 9.75. The number of imidazole rings is 1. The zero-order valence-corrected chi connectivity index (χ0v) is 11.7. The van der Waals surface area contributed by atoms with E-state index in [1.807, 2.05) is 46.3 Å². The number of carbonyl (C=O) groups is 1. The number of hydrogen-bond donors (Lipinski definition) is 0. The molecule has 0 fully saturated rings. The van der Waals surface area contributed by atoms with Crippen molar-refractivity contribution in [3.8, 4) is 0 Å². The Labute approximate surface area is 120 Å². The first kappa shape index (κ1) is 12.6. The molecule has 0 aliphatic rings. The van der Waals surface area contributed by atoms with Crippen molar-refractivity contribution in [3.05, 3.63) is 59.9 Å². The molecule has 3 aromatic rings. The molecule has 5 heteroatoms. The molecule has 0 unspecified atom stereocenters. The van der Waals surface area contributed by atoms with E-state index in [4.69, 9.17) is 0 Å². The molecule has 2 heterocycles. The molecule has 100 valence electrons. The van der Waals surface area contributed by atoms with Crippen molar-refractivity contribution in [2.24, 2.45) is 0 Å². The number of benzene rings is 1. The van der Waals surface area contributed by atoms with E-state index in [9.17, 15) is 4.79 Å². The highest BCUT2D eigenvalue weighted by molar-refractivity contribution is 7.15. The van der Waals surface area contributed by atoms with E-state index in [2.05, 4.69) is 4.98 Å². The Hall–Kier alpha value is -2.40. The molecule has 0 aliphatic carbocycles. The van der Waals surface area contributed by atoms with E-state index in [-0.39, 0.29) is 5.91 Å². The van der Waals surface area contributed by atoms with Crippen LogP contribution in [0, 0.1) is 0 Å². The molecule has 0 atom stereocenters. The molecule has 0 spiro atoms. The predicted molar refractivity (Wildman–Crippen MR) is 82.0 cm³/mol. The van der Waals surface area contributed by atoms with Crippen LogP contribution in [0.25, 0.3) is 11.0 Å². The van der Waals surface area contributed by atoms with Crippen molar-refractivity contribution in [3.63, 3.8) is 0 Å². The second-order valence-corrected chi connectivity index (χ2v) is 5.18. The van der Waals surface area contributed by atoms with Crippen LogP contribution >= 0.6 is 11.3 Å². The summed E-state index contributed by atoms with van der Waals surface area (Å²) in [6.07, 6.45) is 7.05. The van der Waals surface area contributed by atoms with Gasteiger partial charge in [-0.25, -0.2) is 4.98 Å². The number of likely N-dealkylation sites (N-methyl/N-ethyl adjacent to an activating group) is 1. The quantitative estimate of drug-likeness (QED) is 0.693. The van der Waals surface area contributed by atoms with E-state index in [0.29, 0.717) is 0 Å². The zero-order chi connectivity index (χ0) is 13.9. The number of carbonyl (C=O) groups excluding carboxylic acids is 1. The van der Waals surface area contributed by atoms with E-state index in [0.717, 1.165) is 16.3 Å². The number of thiazole rings is 1. The minimum atomic E-state index is -0.0682. The summed E-state index contributed by atoms with van der Waals surface area (Å²) in [5, 5.41) is 1.97. The molecule has 0 saturated heterocycles. The number of rotatable bonds is 3. The van der Waals surface area contributed by atoms with Gasteiger partial charge in [0.1, 0.15) is 0 Å². The number of hydrogen-bond acceptors (Lipinski definition) is 3.